The molecule has 0 saturated carbocycles. The number of hydrogen-bond acceptors (Lipinski definition) is 2. The third kappa shape index (κ3) is 2.15. The fraction of sp³-hybridized carbons (Fsp3) is 0.727. The van der Waals surface area contributed by atoms with Crippen LogP contribution in [0.4, 0.5) is 0 Å². The van der Waals surface area contributed by atoms with Crippen molar-refractivity contribution in [3.63, 3.8) is 0 Å². The molecule has 0 aliphatic carbocycles. The SMILES string of the molecule is CCCC(O)(CCC)c1ccnn1C. The van der Waals surface area contributed by atoms with Gasteiger partial charge < -0.3 is 5.11 Å². The molecule has 0 aromatic carbocycles. The summed E-state index contributed by atoms with van der Waals surface area (Å²) in [6.45, 7) is 4.19. The molecule has 0 amide bonds. The van der Waals surface area contributed by atoms with Crippen LogP contribution >= 0.6 is 0 Å². The Bertz CT molecular complexity index is 275. The fourth-order valence-electron chi connectivity index (χ4n) is 2.04. The van der Waals surface area contributed by atoms with Crippen molar-refractivity contribution in [2.75, 3.05) is 0 Å². The normalized spacial score (nSPS) is 12.0. The highest BCUT2D eigenvalue weighted by Gasteiger charge is 2.29. The zero-order chi connectivity index (χ0) is 10.6. The lowest BCUT2D eigenvalue weighted by molar-refractivity contribution is 0.00917. The quantitative estimate of drug-likeness (QED) is 0.784. The van der Waals surface area contributed by atoms with Gasteiger partial charge in [-0.05, 0) is 18.9 Å². The van der Waals surface area contributed by atoms with Crippen LogP contribution in [0.25, 0.3) is 0 Å². The summed E-state index contributed by atoms with van der Waals surface area (Å²) < 4.78 is 1.77. The van der Waals surface area contributed by atoms with E-state index in [2.05, 4.69) is 18.9 Å². The maximum Gasteiger partial charge on any atom is 0.106 e. The second-order valence-electron chi connectivity index (χ2n) is 3.87. The zero-order valence-electron chi connectivity index (χ0n) is 9.32. The summed E-state index contributed by atoms with van der Waals surface area (Å²) in [5, 5.41) is 14.6. The predicted molar refractivity (Wildman–Crippen MR) is 56.9 cm³/mol. The van der Waals surface area contributed by atoms with Gasteiger partial charge >= 0.3 is 0 Å². The third-order valence-corrected chi connectivity index (χ3v) is 2.62. The summed E-state index contributed by atoms with van der Waals surface area (Å²) in [4.78, 5) is 0. The number of aliphatic hydroxyl groups is 1. The Kier molecular flexibility index (Phi) is 3.69. The van der Waals surface area contributed by atoms with Crippen LogP contribution in [0.1, 0.15) is 45.2 Å². The molecule has 0 bridgehead atoms. The van der Waals surface area contributed by atoms with Crippen molar-refractivity contribution >= 4 is 0 Å². The standard InChI is InChI=1S/C11H20N2O/c1-4-7-11(14,8-5-2)10-6-9-12-13(10)3/h6,9,14H,4-5,7-8H2,1-3H3. The van der Waals surface area contributed by atoms with Gasteiger partial charge in [0, 0.05) is 13.2 Å². The van der Waals surface area contributed by atoms with Crippen molar-refractivity contribution in [3.8, 4) is 0 Å². The molecule has 1 rings (SSSR count). The molecule has 1 N–H and O–H groups in total. The summed E-state index contributed by atoms with van der Waals surface area (Å²) in [5.41, 5.74) is 0.246. The summed E-state index contributed by atoms with van der Waals surface area (Å²) in [5.74, 6) is 0. The van der Waals surface area contributed by atoms with E-state index < -0.39 is 5.60 Å². The summed E-state index contributed by atoms with van der Waals surface area (Å²) >= 11 is 0. The van der Waals surface area contributed by atoms with Gasteiger partial charge in [-0.3, -0.25) is 4.68 Å². The van der Waals surface area contributed by atoms with Crippen LogP contribution < -0.4 is 0 Å². The van der Waals surface area contributed by atoms with E-state index in [1.54, 1.807) is 10.9 Å². The van der Waals surface area contributed by atoms with Crippen LogP contribution in [0.15, 0.2) is 12.3 Å². The van der Waals surface area contributed by atoms with Crippen molar-refractivity contribution in [3.05, 3.63) is 18.0 Å². The second-order valence-corrected chi connectivity index (χ2v) is 3.87. The minimum atomic E-state index is -0.686. The Hall–Kier alpha value is -0.830. The molecule has 0 radical (unpaired) electrons. The molecule has 1 heterocycles. The van der Waals surface area contributed by atoms with Gasteiger partial charge in [-0.2, -0.15) is 5.10 Å². The van der Waals surface area contributed by atoms with Gasteiger partial charge in [0.25, 0.3) is 0 Å². The smallest absolute Gasteiger partial charge is 0.106 e. The van der Waals surface area contributed by atoms with Gasteiger partial charge in [0.2, 0.25) is 0 Å². The first-order valence-corrected chi connectivity index (χ1v) is 5.35. The van der Waals surface area contributed by atoms with Crippen molar-refractivity contribution < 1.29 is 5.11 Å². The number of aromatic nitrogens is 2. The first-order chi connectivity index (χ1) is 6.64. The Labute approximate surface area is 85.8 Å². The monoisotopic (exact) mass is 196 g/mol. The summed E-state index contributed by atoms with van der Waals surface area (Å²) in [7, 11) is 1.88. The maximum absolute atomic E-state index is 10.5. The van der Waals surface area contributed by atoms with E-state index in [1.807, 2.05) is 13.1 Å². The van der Waals surface area contributed by atoms with E-state index in [0.29, 0.717) is 0 Å². The Morgan fingerprint density at radius 2 is 1.93 bits per heavy atom. The van der Waals surface area contributed by atoms with E-state index in [4.69, 9.17) is 0 Å². The first kappa shape index (κ1) is 11.2. The van der Waals surface area contributed by atoms with Gasteiger partial charge in [-0.25, -0.2) is 0 Å². The molecular weight excluding hydrogens is 176 g/mol. The molecule has 0 saturated heterocycles. The number of hydrogen-bond donors (Lipinski definition) is 1. The molecule has 0 spiro atoms. The van der Waals surface area contributed by atoms with Crippen LogP contribution in [0.5, 0.6) is 0 Å². The van der Waals surface area contributed by atoms with E-state index in [-0.39, 0.29) is 0 Å². The lowest BCUT2D eigenvalue weighted by Crippen LogP contribution is -2.28. The van der Waals surface area contributed by atoms with Gasteiger partial charge in [-0.1, -0.05) is 26.7 Å². The molecule has 1 aromatic heterocycles. The largest absolute Gasteiger partial charge is 0.384 e. The molecule has 0 atom stereocenters. The highest BCUT2D eigenvalue weighted by molar-refractivity contribution is 5.11. The first-order valence-electron chi connectivity index (χ1n) is 5.35. The van der Waals surface area contributed by atoms with Gasteiger partial charge in [-0.15, -0.1) is 0 Å². The minimum Gasteiger partial charge on any atom is -0.384 e. The number of aryl methyl sites for hydroxylation is 1. The van der Waals surface area contributed by atoms with Crippen LogP contribution in [-0.4, -0.2) is 14.9 Å². The molecule has 1 aromatic rings. The molecule has 0 aliphatic rings. The molecule has 0 unspecified atom stereocenters. The van der Waals surface area contributed by atoms with Crippen molar-refractivity contribution in [2.24, 2.45) is 7.05 Å². The summed E-state index contributed by atoms with van der Waals surface area (Å²) in [6.07, 6.45) is 5.33. The average molecular weight is 196 g/mol. The van der Waals surface area contributed by atoms with E-state index in [9.17, 15) is 5.11 Å². The minimum absolute atomic E-state index is 0.686. The topological polar surface area (TPSA) is 38.1 Å². The van der Waals surface area contributed by atoms with Crippen molar-refractivity contribution in [1.29, 1.82) is 0 Å². The summed E-state index contributed by atoms with van der Waals surface area (Å²) in [6, 6.07) is 1.91. The molecule has 0 aliphatic heterocycles. The number of nitrogens with zero attached hydrogens (tertiary/aromatic N) is 2. The van der Waals surface area contributed by atoms with Gasteiger partial charge in [0.1, 0.15) is 5.60 Å². The molecule has 3 heteroatoms. The second kappa shape index (κ2) is 4.60. The Morgan fingerprint density at radius 1 is 1.36 bits per heavy atom. The highest BCUT2D eigenvalue weighted by Crippen LogP contribution is 2.30. The average Bonchev–Trinajstić information content (AvgIpc) is 2.52. The van der Waals surface area contributed by atoms with Crippen LogP contribution in [0, 0.1) is 0 Å². The molecule has 3 nitrogen and oxygen atoms in total. The van der Waals surface area contributed by atoms with E-state index >= 15 is 0 Å². The molecule has 80 valence electrons. The Balaban J connectivity index is 2.92. The van der Waals surface area contributed by atoms with Crippen molar-refractivity contribution in [1.82, 2.24) is 9.78 Å². The maximum atomic E-state index is 10.5. The number of rotatable bonds is 5. The van der Waals surface area contributed by atoms with E-state index in [0.717, 1.165) is 31.4 Å². The highest BCUT2D eigenvalue weighted by atomic mass is 16.3. The van der Waals surface area contributed by atoms with Crippen molar-refractivity contribution in [2.45, 2.75) is 45.1 Å². The Morgan fingerprint density at radius 3 is 2.29 bits per heavy atom. The van der Waals surface area contributed by atoms with Crippen LogP contribution in [-0.2, 0) is 12.6 Å². The van der Waals surface area contributed by atoms with E-state index in [1.165, 1.54) is 0 Å². The van der Waals surface area contributed by atoms with Crippen LogP contribution in [0.3, 0.4) is 0 Å². The van der Waals surface area contributed by atoms with Gasteiger partial charge in [0.15, 0.2) is 0 Å². The lowest BCUT2D eigenvalue weighted by atomic mass is 9.89. The lowest BCUT2D eigenvalue weighted by Gasteiger charge is -2.27. The molecule has 0 fully saturated rings. The predicted octanol–water partition coefficient (Wildman–Crippen LogP) is 2.21. The zero-order valence-corrected chi connectivity index (χ0v) is 9.32. The van der Waals surface area contributed by atoms with Crippen LogP contribution in [0.2, 0.25) is 0 Å². The molecular formula is C11H20N2O. The molecule has 14 heavy (non-hydrogen) atoms. The van der Waals surface area contributed by atoms with Gasteiger partial charge in [0.05, 0.1) is 5.69 Å². The third-order valence-electron chi connectivity index (χ3n) is 2.62. The fourth-order valence-corrected chi connectivity index (χ4v) is 2.04.